The number of hydrogen-bond donors (Lipinski definition) is 0. The number of nitrogens with zero attached hydrogens (tertiary/aromatic N) is 3. The molecule has 1 fully saturated rings. The molecule has 0 amide bonds. The van der Waals surface area contributed by atoms with Crippen molar-refractivity contribution in [1.29, 1.82) is 5.26 Å². The van der Waals surface area contributed by atoms with Crippen LogP contribution in [0.2, 0.25) is 0 Å². The second-order valence-electron chi connectivity index (χ2n) is 4.84. The molecule has 1 heterocycles. The lowest BCUT2D eigenvalue weighted by Gasteiger charge is -2.36. The van der Waals surface area contributed by atoms with Crippen LogP contribution in [0.1, 0.15) is 25.3 Å². The summed E-state index contributed by atoms with van der Waals surface area (Å²) in [6.07, 6.45) is 2.56. The van der Waals surface area contributed by atoms with Gasteiger partial charge in [-0.1, -0.05) is 19.4 Å². The maximum Gasteiger partial charge on any atom is 0.0992 e. The van der Waals surface area contributed by atoms with Gasteiger partial charge in [-0.25, -0.2) is 0 Å². The predicted octanol–water partition coefficient (Wildman–Crippen LogP) is 2.48. The summed E-state index contributed by atoms with van der Waals surface area (Å²) in [5, 5.41) is 8.92. The molecule has 1 aliphatic heterocycles. The standard InChI is InChI=1S/C15H21N3/c1-2-3-7-17-8-10-18(11-9-17)15-6-4-5-14(12-15)13-16/h4-6,12H,2-3,7-11H2,1H3. The molecular formula is C15H21N3. The molecule has 3 heteroatoms. The lowest BCUT2D eigenvalue weighted by Crippen LogP contribution is -2.46. The Morgan fingerprint density at radius 2 is 2.00 bits per heavy atom. The van der Waals surface area contributed by atoms with Gasteiger partial charge in [-0.3, -0.25) is 4.90 Å². The van der Waals surface area contributed by atoms with Gasteiger partial charge in [0.15, 0.2) is 0 Å². The van der Waals surface area contributed by atoms with E-state index >= 15 is 0 Å². The summed E-state index contributed by atoms with van der Waals surface area (Å²) in [6.45, 7) is 7.87. The number of benzene rings is 1. The maximum atomic E-state index is 8.92. The van der Waals surface area contributed by atoms with Crippen LogP contribution in [0.25, 0.3) is 0 Å². The molecule has 2 rings (SSSR count). The summed E-state index contributed by atoms with van der Waals surface area (Å²) >= 11 is 0. The molecule has 1 aromatic carbocycles. The fourth-order valence-corrected chi connectivity index (χ4v) is 2.38. The second kappa shape index (κ2) is 6.42. The van der Waals surface area contributed by atoms with Crippen LogP contribution in [-0.2, 0) is 0 Å². The van der Waals surface area contributed by atoms with Gasteiger partial charge in [0, 0.05) is 31.9 Å². The third-order valence-electron chi connectivity index (χ3n) is 3.54. The molecule has 0 atom stereocenters. The summed E-state index contributed by atoms with van der Waals surface area (Å²) in [6, 6.07) is 10.1. The number of anilines is 1. The minimum Gasteiger partial charge on any atom is -0.369 e. The SMILES string of the molecule is CCCCN1CCN(c2cccc(C#N)c2)CC1. The van der Waals surface area contributed by atoms with E-state index in [0.29, 0.717) is 0 Å². The molecule has 1 aromatic rings. The van der Waals surface area contributed by atoms with Crippen LogP contribution in [-0.4, -0.2) is 37.6 Å². The summed E-state index contributed by atoms with van der Waals surface area (Å²) in [5.41, 5.74) is 1.94. The average molecular weight is 243 g/mol. The smallest absolute Gasteiger partial charge is 0.0992 e. The highest BCUT2D eigenvalue weighted by molar-refractivity contribution is 5.51. The van der Waals surface area contributed by atoms with E-state index in [0.717, 1.165) is 31.7 Å². The van der Waals surface area contributed by atoms with Crippen molar-refractivity contribution in [3.05, 3.63) is 29.8 Å². The van der Waals surface area contributed by atoms with E-state index < -0.39 is 0 Å². The first-order valence-electron chi connectivity index (χ1n) is 6.81. The zero-order chi connectivity index (χ0) is 12.8. The molecule has 96 valence electrons. The minimum atomic E-state index is 0.751. The normalized spacial score (nSPS) is 16.6. The van der Waals surface area contributed by atoms with Crippen molar-refractivity contribution in [3.8, 4) is 6.07 Å². The number of nitriles is 1. The molecule has 1 aliphatic rings. The van der Waals surface area contributed by atoms with Gasteiger partial charge in [-0.05, 0) is 31.2 Å². The molecule has 0 N–H and O–H groups in total. The Balaban J connectivity index is 1.91. The predicted molar refractivity (Wildman–Crippen MR) is 74.7 cm³/mol. The van der Waals surface area contributed by atoms with Crippen molar-refractivity contribution >= 4 is 5.69 Å². The highest BCUT2D eigenvalue weighted by Crippen LogP contribution is 2.17. The third kappa shape index (κ3) is 3.24. The average Bonchev–Trinajstić information content (AvgIpc) is 2.46. The van der Waals surface area contributed by atoms with Crippen molar-refractivity contribution in [3.63, 3.8) is 0 Å². The molecule has 0 unspecified atom stereocenters. The zero-order valence-electron chi connectivity index (χ0n) is 11.1. The number of unbranched alkanes of at least 4 members (excludes halogenated alkanes) is 1. The van der Waals surface area contributed by atoms with Gasteiger partial charge in [-0.2, -0.15) is 5.26 Å². The highest BCUT2D eigenvalue weighted by Gasteiger charge is 2.16. The van der Waals surface area contributed by atoms with Crippen LogP contribution in [0.4, 0.5) is 5.69 Å². The minimum absolute atomic E-state index is 0.751. The number of hydrogen-bond acceptors (Lipinski definition) is 3. The quantitative estimate of drug-likeness (QED) is 0.814. The Bertz CT molecular complexity index is 414. The molecule has 0 radical (unpaired) electrons. The maximum absolute atomic E-state index is 8.92. The van der Waals surface area contributed by atoms with Crippen molar-refractivity contribution in [2.24, 2.45) is 0 Å². The van der Waals surface area contributed by atoms with Crippen molar-refractivity contribution < 1.29 is 0 Å². The van der Waals surface area contributed by atoms with Crippen molar-refractivity contribution in [1.82, 2.24) is 4.90 Å². The van der Waals surface area contributed by atoms with Crippen LogP contribution in [0.3, 0.4) is 0 Å². The van der Waals surface area contributed by atoms with Gasteiger partial charge in [0.25, 0.3) is 0 Å². The second-order valence-corrected chi connectivity index (χ2v) is 4.84. The Kier molecular flexibility index (Phi) is 4.60. The molecule has 3 nitrogen and oxygen atoms in total. The number of rotatable bonds is 4. The van der Waals surface area contributed by atoms with E-state index in [9.17, 15) is 0 Å². The van der Waals surface area contributed by atoms with Gasteiger partial charge in [-0.15, -0.1) is 0 Å². The first-order valence-corrected chi connectivity index (χ1v) is 6.81. The van der Waals surface area contributed by atoms with Crippen LogP contribution < -0.4 is 4.90 Å². The summed E-state index contributed by atoms with van der Waals surface area (Å²) in [7, 11) is 0. The lowest BCUT2D eigenvalue weighted by molar-refractivity contribution is 0.254. The first-order chi connectivity index (χ1) is 8.83. The van der Waals surface area contributed by atoms with Gasteiger partial charge >= 0.3 is 0 Å². The molecule has 1 saturated heterocycles. The van der Waals surface area contributed by atoms with Crippen molar-refractivity contribution in [2.75, 3.05) is 37.6 Å². The monoisotopic (exact) mass is 243 g/mol. The molecular weight excluding hydrogens is 222 g/mol. The highest BCUT2D eigenvalue weighted by atomic mass is 15.3. The summed E-state index contributed by atoms with van der Waals surface area (Å²) < 4.78 is 0. The van der Waals surface area contributed by atoms with Gasteiger partial charge < -0.3 is 4.90 Å². The Hall–Kier alpha value is -1.53. The lowest BCUT2D eigenvalue weighted by atomic mass is 10.2. The summed E-state index contributed by atoms with van der Waals surface area (Å²) in [4.78, 5) is 4.91. The van der Waals surface area contributed by atoms with Crippen LogP contribution >= 0.6 is 0 Å². The molecule has 0 saturated carbocycles. The fraction of sp³-hybridized carbons (Fsp3) is 0.533. The van der Waals surface area contributed by atoms with E-state index in [4.69, 9.17) is 5.26 Å². The van der Waals surface area contributed by atoms with Gasteiger partial charge in [0.2, 0.25) is 0 Å². The topological polar surface area (TPSA) is 30.3 Å². The van der Waals surface area contributed by atoms with E-state index in [2.05, 4.69) is 28.9 Å². The first kappa shape index (κ1) is 12.9. The molecule has 0 bridgehead atoms. The third-order valence-corrected chi connectivity index (χ3v) is 3.54. The van der Waals surface area contributed by atoms with Crippen LogP contribution in [0, 0.1) is 11.3 Å². The summed E-state index contributed by atoms with van der Waals surface area (Å²) in [5.74, 6) is 0. The Labute approximate surface area is 110 Å². The molecule has 0 spiro atoms. The van der Waals surface area contributed by atoms with E-state index in [1.54, 1.807) is 0 Å². The van der Waals surface area contributed by atoms with Gasteiger partial charge in [0.05, 0.1) is 11.6 Å². The molecule has 0 aromatic heterocycles. The number of piperazine rings is 1. The van der Waals surface area contributed by atoms with Gasteiger partial charge in [0.1, 0.15) is 0 Å². The van der Waals surface area contributed by atoms with Crippen LogP contribution in [0.5, 0.6) is 0 Å². The van der Waals surface area contributed by atoms with Crippen LogP contribution in [0.15, 0.2) is 24.3 Å². The molecule has 0 aliphatic carbocycles. The van der Waals surface area contributed by atoms with E-state index in [1.807, 2.05) is 18.2 Å². The van der Waals surface area contributed by atoms with Crippen molar-refractivity contribution in [2.45, 2.75) is 19.8 Å². The van der Waals surface area contributed by atoms with E-state index in [-0.39, 0.29) is 0 Å². The largest absolute Gasteiger partial charge is 0.369 e. The fourth-order valence-electron chi connectivity index (χ4n) is 2.38. The Morgan fingerprint density at radius 1 is 1.22 bits per heavy atom. The zero-order valence-corrected chi connectivity index (χ0v) is 11.1. The van der Waals surface area contributed by atoms with E-state index in [1.165, 1.54) is 25.1 Å². The Morgan fingerprint density at radius 3 is 2.67 bits per heavy atom. The molecule has 18 heavy (non-hydrogen) atoms.